The number of nitrogens with one attached hydrogen (secondary N) is 1. The van der Waals surface area contributed by atoms with E-state index in [1.807, 2.05) is 42.6 Å². The first-order valence-corrected chi connectivity index (χ1v) is 7.26. The molecule has 0 radical (unpaired) electrons. The highest BCUT2D eigenvalue weighted by molar-refractivity contribution is 7.12. The molecule has 0 atom stereocenters. The van der Waals surface area contributed by atoms with Gasteiger partial charge in [-0.25, -0.2) is 4.79 Å². The van der Waals surface area contributed by atoms with Crippen LogP contribution in [-0.2, 0) is 11.3 Å². The Kier molecular flexibility index (Phi) is 4.90. The van der Waals surface area contributed by atoms with E-state index in [9.17, 15) is 9.59 Å². The average molecular weight is 301 g/mol. The van der Waals surface area contributed by atoms with Crippen LogP contribution in [0.2, 0.25) is 0 Å². The number of carbonyl (C=O) groups is 2. The molecule has 0 aliphatic rings. The van der Waals surface area contributed by atoms with Crippen LogP contribution in [0.4, 0.5) is 0 Å². The summed E-state index contributed by atoms with van der Waals surface area (Å²) in [5.41, 5.74) is 2.68. The first-order chi connectivity index (χ1) is 10.1. The van der Waals surface area contributed by atoms with E-state index in [1.54, 1.807) is 0 Å². The maximum Gasteiger partial charge on any atom is 0.328 e. The number of hydrogen-bond donors (Lipinski definition) is 2. The summed E-state index contributed by atoms with van der Waals surface area (Å²) < 4.78 is 0. The normalized spacial score (nSPS) is 10.7. The van der Waals surface area contributed by atoms with Crippen LogP contribution in [0.1, 0.15) is 26.4 Å². The molecular weight excluding hydrogens is 286 g/mol. The molecule has 5 heteroatoms. The van der Waals surface area contributed by atoms with Crippen molar-refractivity contribution in [3.8, 4) is 0 Å². The molecule has 2 aromatic rings. The zero-order valence-corrected chi connectivity index (χ0v) is 12.3. The summed E-state index contributed by atoms with van der Waals surface area (Å²) in [6.45, 7) is 2.31. The van der Waals surface area contributed by atoms with Crippen molar-refractivity contribution in [3.63, 3.8) is 0 Å². The number of aliphatic carboxylic acids is 1. The highest BCUT2D eigenvalue weighted by Crippen LogP contribution is 2.15. The third-order valence-corrected chi connectivity index (χ3v) is 3.91. The fourth-order valence-electron chi connectivity index (χ4n) is 1.84. The van der Waals surface area contributed by atoms with Crippen molar-refractivity contribution in [2.24, 2.45) is 0 Å². The summed E-state index contributed by atoms with van der Waals surface area (Å²) in [7, 11) is 0. The largest absolute Gasteiger partial charge is 0.478 e. The second kappa shape index (κ2) is 6.85. The van der Waals surface area contributed by atoms with Gasteiger partial charge in [-0.3, -0.25) is 4.79 Å². The van der Waals surface area contributed by atoms with Gasteiger partial charge in [-0.15, -0.1) is 11.3 Å². The van der Waals surface area contributed by atoms with Gasteiger partial charge in [-0.05, 0) is 47.2 Å². The molecule has 108 valence electrons. The number of amides is 1. The van der Waals surface area contributed by atoms with Gasteiger partial charge in [0.05, 0.1) is 4.88 Å². The van der Waals surface area contributed by atoms with E-state index >= 15 is 0 Å². The van der Waals surface area contributed by atoms with Crippen molar-refractivity contribution in [2.75, 3.05) is 0 Å². The Morgan fingerprint density at radius 1 is 1.33 bits per heavy atom. The number of rotatable bonds is 5. The van der Waals surface area contributed by atoms with Crippen LogP contribution < -0.4 is 5.32 Å². The van der Waals surface area contributed by atoms with Crippen molar-refractivity contribution < 1.29 is 14.7 Å². The highest BCUT2D eigenvalue weighted by atomic mass is 32.1. The fourth-order valence-corrected chi connectivity index (χ4v) is 2.68. The van der Waals surface area contributed by atoms with E-state index in [0.717, 1.165) is 27.6 Å². The molecule has 0 spiro atoms. The molecule has 0 aliphatic heterocycles. The number of carboxylic acid groups (broad SMARTS) is 1. The predicted molar refractivity (Wildman–Crippen MR) is 83.3 cm³/mol. The molecule has 21 heavy (non-hydrogen) atoms. The third-order valence-electron chi connectivity index (χ3n) is 2.89. The predicted octanol–water partition coefficient (Wildman–Crippen LogP) is 3.08. The van der Waals surface area contributed by atoms with Gasteiger partial charge in [-0.1, -0.05) is 18.2 Å². The summed E-state index contributed by atoms with van der Waals surface area (Å²) in [5, 5.41) is 13.4. The van der Waals surface area contributed by atoms with Crippen LogP contribution in [0, 0.1) is 6.92 Å². The van der Waals surface area contributed by atoms with Gasteiger partial charge in [0, 0.05) is 12.6 Å². The van der Waals surface area contributed by atoms with Crippen molar-refractivity contribution in [1.82, 2.24) is 5.32 Å². The van der Waals surface area contributed by atoms with Gasteiger partial charge in [0.1, 0.15) is 0 Å². The standard InChI is InChI=1S/C16H15NO3S/c1-11-7-8-21-15(11)16(20)17-10-13-4-2-3-12(9-13)5-6-14(18)19/h2-9H,10H2,1H3,(H,17,20)(H,18,19). The second-order valence-corrected chi connectivity index (χ2v) is 5.45. The van der Waals surface area contributed by atoms with Crippen LogP contribution >= 0.6 is 11.3 Å². The number of hydrogen-bond acceptors (Lipinski definition) is 3. The first-order valence-electron chi connectivity index (χ1n) is 6.38. The molecule has 0 unspecified atom stereocenters. The summed E-state index contributed by atoms with van der Waals surface area (Å²) in [5.74, 6) is -1.07. The van der Waals surface area contributed by atoms with Crippen LogP contribution in [0.5, 0.6) is 0 Å². The van der Waals surface area contributed by atoms with Gasteiger partial charge < -0.3 is 10.4 Å². The lowest BCUT2D eigenvalue weighted by Crippen LogP contribution is -2.22. The topological polar surface area (TPSA) is 66.4 Å². The Morgan fingerprint density at radius 3 is 2.81 bits per heavy atom. The molecule has 0 saturated heterocycles. The zero-order valence-electron chi connectivity index (χ0n) is 11.5. The minimum atomic E-state index is -0.984. The van der Waals surface area contributed by atoms with Gasteiger partial charge in [0.15, 0.2) is 0 Å². The summed E-state index contributed by atoms with van der Waals surface area (Å²) in [4.78, 5) is 23.2. The van der Waals surface area contributed by atoms with Crippen LogP contribution in [0.15, 0.2) is 41.8 Å². The van der Waals surface area contributed by atoms with Crippen molar-refractivity contribution in [1.29, 1.82) is 0 Å². The van der Waals surface area contributed by atoms with Gasteiger partial charge in [0.2, 0.25) is 0 Å². The van der Waals surface area contributed by atoms with Crippen molar-refractivity contribution in [3.05, 3.63) is 63.4 Å². The number of aryl methyl sites for hydroxylation is 1. The fraction of sp³-hybridized carbons (Fsp3) is 0.125. The molecule has 1 aromatic carbocycles. The summed E-state index contributed by atoms with van der Waals surface area (Å²) >= 11 is 1.42. The van der Waals surface area contributed by atoms with E-state index in [4.69, 9.17) is 5.11 Å². The maximum absolute atomic E-state index is 12.0. The van der Waals surface area contributed by atoms with E-state index in [-0.39, 0.29) is 5.91 Å². The molecule has 2 rings (SSSR count). The van der Waals surface area contributed by atoms with E-state index < -0.39 is 5.97 Å². The Hall–Kier alpha value is -2.40. The number of thiophene rings is 1. The van der Waals surface area contributed by atoms with Crippen molar-refractivity contribution in [2.45, 2.75) is 13.5 Å². The Morgan fingerprint density at radius 2 is 2.14 bits per heavy atom. The van der Waals surface area contributed by atoms with Crippen LogP contribution in [0.25, 0.3) is 6.08 Å². The van der Waals surface area contributed by atoms with E-state index in [0.29, 0.717) is 6.54 Å². The molecular formula is C16H15NO3S. The number of carbonyl (C=O) groups excluding carboxylic acids is 1. The molecule has 1 aromatic heterocycles. The summed E-state index contributed by atoms with van der Waals surface area (Å²) in [6, 6.07) is 9.30. The lowest BCUT2D eigenvalue weighted by molar-refractivity contribution is -0.131. The smallest absolute Gasteiger partial charge is 0.328 e. The molecule has 0 fully saturated rings. The molecule has 1 heterocycles. The highest BCUT2D eigenvalue weighted by Gasteiger charge is 2.09. The Balaban J connectivity index is 2.00. The zero-order chi connectivity index (χ0) is 15.2. The molecule has 0 aliphatic carbocycles. The number of carboxylic acids is 1. The van der Waals surface area contributed by atoms with Gasteiger partial charge >= 0.3 is 5.97 Å². The molecule has 1 amide bonds. The molecule has 0 bridgehead atoms. The quantitative estimate of drug-likeness (QED) is 0.834. The average Bonchev–Trinajstić information content (AvgIpc) is 2.89. The third kappa shape index (κ3) is 4.29. The van der Waals surface area contributed by atoms with Crippen LogP contribution in [0.3, 0.4) is 0 Å². The maximum atomic E-state index is 12.0. The summed E-state index contributed by atoms with van der Waals surface area (Å²) in [6.07, 6.45) is 2.61. The Bertz CT molecular complexity index is 688. The van der Waals surface area contributed by atoms with Crippen molar-refractivity contribution >= 4 is 29.3 Å². The van der Waals surface area contributed by atoms with E-state index in [1.165, 1.54) is 17.4 Å². The van der Waals surface area contributed by atoms with Gasteiger partial charge in [-0.2, -0.15) is 0 Å². The minimum absolute atomic E-state index is 0.0889. The monoisotopic (exact) mass is 301 g/mol. The lowest BCUT2D eigenvalue weighted by atomic mass is 10.1. The van der Waals surface area contributed by atoms with E-state index in [2.05, 4.69) is 5.32 Å². The van der Waals surface area contributed by atoms with Gasteiger partial charge in [0.25, 0.3) is 5.91 Å². The Labute approximate surface area is 126 Å². The first kappa shape index (κ1) is 15.0. The number of benzene rings is 1. The lowest BCUT2D eigenvalue weighted by Gasteiger charge is -2.05. The molecule has 4 nitrogen and oxygen atoms in total. The molecule has 0 saturated carbocycles. The molecule has 2 N–H and O–H groups in total. The SMILES string of the molecule is Cc1ccsc1C(=O)NCc1cccc(C=CC(=O)O)c1. The van der Waals surface area contributed by atoms with Crippen LogP contribution in [-0.4, -0.2) is 17.0 Å². The minimum Gasteiger partial charge on any atom is -0.478 e. The second-order valence-electron chi connectivity index (χ2n) is 4.53.